The minimum atomic E-state index is -1.46. The molecule has 0 atom stereocenters. The highest BCUT2D eigenvalue weighted by Gasteiger charge is 2.32. The predicted molar refractivity (Wildman–Crippen MR) is 84.2 cm³/mol. The molecule has 0 saturated carbocycles. The molecule has 1 aliphatic rings. The monoisotopic (exact) mass is 334 g/mol. The molecule has 1 aromatic rings. The number of amides is 2. The quantitative estimate of drug-likeness (QED) is 0.762. The van der Waals surface area contributed by atoms with Gasteiger partial charge < -0.3 is 15.2 Å². The van der Waals surface area contributed by atoms with Gasteiger partial charge in [-0.15, -0.1) is 0 Å². The molecule has 0 saturated heterocycles. The average molecular weight is 334 g/mol. The first-order valence-corrected chi connectivity index (χ1v) is 7.24. The van der Waals surface area contributed by atoms with Crippen molar-refractivity contribution >= 4 is 29.3 Å². The number of rotatable bonds is 5. The van der Waals surface area contributed by atoms with Gasteiger partial charge in [0, 0.05) is 5.56 Å². The molecule has 1 heterocycles. The summed E-state index contributed by atoms with van der Waals surface area (Å²) in [5, 5.41) is 11.4. The van der Waals surface area contributed by atoms with Gasteiger partial charge in [0.2, 0.25) is 5.91 Å². The smallest absolute Gasteiger partial charge is 0.328 e. The van der Waals surface area contributed by atoms with Crippen molar-refractivity contribution in [1.29, 1.82) is 0 Å². The second kappa shape index (κ2) is 6.31. The Hall–Kier alpha value is -2.90. The van der Waals surface area contributed by atoms with Gasteiger partial charge in [-0.3, -0.25) is 19.3 Å². The Morgan fingerprint density at radius 2 is 2.00 bits per heavy atom. The molecule has 2 rings (SSSR count). The third-order valence-corrected chi connectivity index (χ3v) is 3.60. The lowest BCUT2D eigenvalue weighted by Crippen LogP contribution is -2.54. The van der Waals surface area contributed by atoms with Gasteiger partial charge in [-0.25, -0.2) is 4.79 Å². The van der Waals surface area contributed by atoms with E-state index in [0.717, 1.165) is 0 Å². The predicted octanol–water partition coefficient (Wildman–Crippen LogP) is 0.594. The van der Waals surface area contributed by atoms with Crippen molar-refractivity contribution in [2.75, 3.05) is 18.1 Å². The van der Waals surface area contributed by atoms with E-state index in [1.54, 1.807) is 12.1 Å². The summed E-state index contributed by atoms with van der Waals surface area (Å²) in [6, 6.07) is 4.61. The maximum absolute atomic E-state index is 12.1. The summed E-state index contributed by atoms with van der Waals surface area (Å²) in [5.41, 5.74) is -0.776. The van der Waals surface area contributed by atoms with Crippen LogP contribution in [-0.2, 0) is 14.4 Å². The minimum absolute atomic E-state index is 0.188. The normalized spacial score (nSPS) is 13.8. The number of anilines is 1. The zero-order valence-corrected chi connectivity index (χ0v) is 13.6. The lowest BCUT2D eigenvalue weighted by molar-refractivity contribution is -0.145. The molecule has 1 aliphatic heterocycles. The Morgan fingerprint density at radius 3 is 2.58 bits per heavy atom. The maximum Gasteiger partial charge on any atom is 0.328 e. The van der Waals surface area contributed by atoms with E-state index >= 15 is 0 Å². The van der Waals surface area contributed by atoms with Crippen LogP contribution in [-0.4, -0.2) is 47.4 Å². The average Bonchev–Trinajstić information content (AvgIpc) is 2.49. The molecule has 0 bridgehead atoms. The number of aliphatic carboxylic acids is 1. The Labute approximate surface area is 138 Å². The van der Waals surface area contributed by atoms with Crippen LogP contribution in [0, 0.1) is 0 Å². The van der Waals surface area contributed by atoms with Crippen LogP contribution >= 0.6 is 0 Å². The lowest BCUT2D eigenvalue weighted by Gasteiger charge is -2.30. The van der Waals surface area contributed by atoms with E-state index in [9.17, 15) is 19.2 Å². The second-order valence-electron chi connectivity index (χ2n) is 5.99. The molecule has 24 heavy (non-hydrogen) atoms. The van der Waals surface area contributed by atoms with Gasteiger partial charge in [0.25, 0.3) is 5.91 Å². The van der Waals surface area contributed by atoms with Crippen LogP contribution < -0.4 is 15.0 Å². The number of carbonyl (C=O) groups is 4. The number of nitrogens with one attached hydrogen (secondary N) is 1. The van der Waals surface area contributed by atoms with Crippen molar-refractivity contribution in [2.24, 2.45) is 0 Å². The minimum Gasteiger partial charge on any atom is -0.482 e. The van der Waals surface area contributed by atoms with Crippen molar-refractivity contribution < 1.29 is 29.0 Å². The van der Waals surface area contributed by atoms with E-state index < -0.39 is 23.3 Å². The largest absolute Gasteiger partial charge is 0.482 e. The fraction of sp³-hybridized carbons (Fsp3) is 0.375. The van der Waals surface area contributed by atoms with E-state index in [2.05, 4.69) is 5.32 Å². The van der Waals surface area contributed by atoms with E-state index in [1.165, 1.54) is 31.7 Å². The molecule has 1 aromatic carbocycles. The third-order valence-electron chi connectivity index (χ3n) is 3.60. The van der Waals surface area contributed by atoms with Gasteiger partial charge in [-0.2, -0.15) is 0 Å². The van der Waals surface area contributed by atoms with E-state index in [-0.39, 0.29) is 18.9 Å². The molecule has 0 aromatic heterocycles. The number of hydrogen-bond acceptors (Lipinski definition) is 5. The van der Waals surface area contributed by atoms with Crippen molar-refractivity contribution in [1.82, 2.24) is 5.32 Å². The summed E-state index contributed by atoms with van der Waals surface area (Å²) in [7, 11) is 0. The first-order valence-electron chi connectivity index (χ1n) is 7.24. The summed E-state index contributed by atoms with van der Waals surface area (Å²) in [6.45, 7) is 3.47. The van der Waals surface area contributed by atoms with Crippen LogP contribution in [0.1, 0.15) is 31.1 Å². The molecular weight excluding hydrogens is 316 g/mol. The Balaban J connectivity index is 2.26. The van der Waals surface area contributed by atoms with Crippen LogP contribution in [0.2, 0.25) is 0 Å². The summed E-state index contributed by atoms with van der Waals surface area (Å²) < 4.78 is 5.29. The topological polar surface area (TPSA) is 113 Å². The first kappa shape index (κ1) is 17.5. The number of carboxylic acids is 1. The molecule has 128 valence electrons. The van der Waals surface area contributed by atoms with Crippen molar-refractivity contribution in [3.8, 4) is 5.75 Å². The molecule has 8 heteroatoms. The lowest BCUT2D eigenvalue weighted by atomic mass is 10.1. The number of nitrogens with zero attached hydrogens (tertiary/aromatic N) is 1. The van der Waals surface area contributed by atoms with Crippen LogP contribution in [0.5, 0.6) is 5.75 Å². The van der Waals surface area contributed by atoms with Crippen molar-refractivity contribution in [3.63, 3.8) is 0 Å². The number of carbonyl (C=O) groups excluding carboxylic acids is 3. The molecule has 0 fully saturated rings. The molecule has 0 unspecified atom stereocenters. The van der Waals surface area contributed by atoms with Crippen LogP contribution in [0.25, 0.3) is 0 Å². The number of ether oxygens (including phenoxy) is 1. The summed E-state index contributed by atoms with van der Waals surface area (Å²) in [6.07, 6.45) is 0. The van der Waals surface area contributed by atoms with Gasteiger partial charge in [-0.1, -0.05) is 0 Å². The van der Waals surface area contributed by atoms with E-state index in [1.807, 2.05) is 0 Å². The molecule has 8 nitrogen and oxygen atoms in total. The van der Waals surface area contributed by atoms with Gasteiger partial charge >= 0.3 is 5.97 Å². The number of hydrogen-bond donors (Lipinski definition) is 2. The number of fused-ring (bicyclic) bond motifs is 1. The summed E-state index contributed by atoms with van der Waals surface area (Å²) >= 11 is 0. The zero-order chi connectivity index (χ0) is 18.1. The van der Waals surface area contributed by atoms with Crippen LogP contribution in [0.3, 0.4) is 0 Å². The van der Waals surface area contributed by atoms with Gasteiger partial charge in [0.05, 0.1) is 5.69 Å². The molecule has 2 amide bonds. The van der Waals surface area contributed by atoms with E-state index in [0.29, 0.717) is 17.0 Å². The standard InChI is InChI=1S/C16H18N2O6/c1-9(19)10-4-5-12-11(6-10)18(14(21)8-24-12)7-13(20)17-16(2,3)15(22)23/h4-6H,7-8H2,1-3H3,(H,17,20)(H,22,23). The highest BCUT2D eigenvalue weighted by atomic mass is 16.5. The third kappa shape index (κ3) is 3.53. The van der Waals surface area contributed by atoms with Gasteiger partial charge in [-0.05, 0) is 39.0 Å². The number of Topliss-reactive ketones (excluding diaryl/α,β-unsaturated/α-hetero) is 1. The Kier molecular flexibility index (Phi) is 4.59. The molecule has 0 radical (unpaired) electrons. The number of carboxylic acid groups (broad SMARTS) is 1. The Bertz CT molecular complexity index is 725. The van der Waals surface area contributed by atoms with Crippen molar-refractivity contribution in [3.05, 3.63) is 23.8 Å². The van der Waals surface area contributed by atoms with Gasteiger partial charge in [0.1, 0.15) is 17.8 Å². The zero-order valence-electron chi connectivity index (χ0n) is 13.6. The molecule has 0 aliphatic carbocycles. The summed E-state index contributed by atoms with van der Waals surface area (Å²) in [5.74, 6) is -2.08. The Morgan fingerprint density at radius 1 is 1.33 bits per heavy atom. The fourth-order valence-corrected chi connectivity index (χ4v) is 2.18. The van der Waals surface area contributed by atoms with Crippen molar-refractivity contribution in [2.45, 2.75) is 26.3 Å². The van der Waals surface area contributed by atoms with Crippen LogP contribution in [0.15, 0.2) is 18.2 Å². The highest BCUT2D eigenvalue weighted by Crippen LogP contribution is 2.33. The second-order valence-corrected chi connectivity index (χ2v) is 5.99. The molecular formula is C16H18N2O6. The molecule has 2 N–H and O–H groups in total. The number of benzene rings is 1. The summed E-state index contributed by atoms with van der Waals surface area (Å²) in [4.78, 5) is 48.0. The SMILES string of the molecule is CC(=O)c1ccc2c(c1)N(CC(=O)NC(C)(C)C(=O)O)C(=O)CO2. The maximum atomic E-state index is 12.1. The highest BCUT2D eigenvalue weighted by molar-refractivity contribution is 6.04. The van der Waals surface area contributed by atoms with Gasteiger partial charge in [0.15, 0.2) is 12.4 Å². The molecule has 0 spiro atoms. The van der Waals surface area contributed by atoms with Crippen LogP contribution in [0.4, 0.5) is 5.69 Å². The first-order chi connectivity index (χ1) is 11.1. The fourth-order valence-electron chi connectivity index (χ4n) is 2.18. The number of ketones is 1. The van der Waals surface area contributed by atoms with E-state index in [4.69, 9.17) is 9.84 Å².